The Labute approximate surface area is 128 Å². The Morgan fingerprint density at radius 3 is 3.00 bits per heavy atom. The van der Waals surface area contributed by atoms with Crippen LogP contribution in [0, 0.1) is 6.92 Å². The van der Waals surface area contributed by atoms with Crippen LogP contribution in [0.3, 0.4) is 0 Å². The first-order valence-electron chi connectivity index (χ1n) is 7.48. The first-order chi connectivity index (χ1) is 10.3. The van der Waals surface area contributed by atoms with Crippen LogP contribution < -0.4 is 0 Å². The molecule has 3 aromatic rings. The highest BCUT2D eigenvalue weighted by atomic mass is 32.1. The van der Waals surface area contributed by atoms with Crippen molar-refractivity contribution in [3.63, 3.8) is 0 Å². The van der Waals surface area contributed by atoms with E-state index in [-0.39, 0.29) is 6.10 Å². The molecule has 108 valence electrons. The molecule has 4 heteroatoms. The number of thiophene rings is 1. The van der Waals surface area contributed by atoms with E-state index in [0.29, 0.717) is 0 Å². The number of nitrogens with zero attached hydrogens (tertiary/aromatic N) is 1. The van der Waals surface area contributed by atoms with Gasteiger partial charge in [-0.05, 0) is 49.9 Å². The van der Waals surface area contributed by atoms with Gasteiger partial charge in [0.1, 0.15) is 5.82 Å². The van der Waals surface area contributed by atoms with Crippen LogP contribution in [0.25, 0.3) is 21.7 Å². The minimum Gasteiger partial charge on any atom is -0.373 e. The number of aromatic amines is 1. The number of imidazole rings is 1. The fourth-order valence-corrected chi connectivity index (χ4v) is 3.95. The van der Waals surface area contributed by atoms with E-state index in [9.17, 15) is 0 Å². The third-order valence-corrected chi connectivity index (χ3v) is 5.26. The lowest BCUT2D eigenvalue weighted by atomic mass is 10.1. The summed E-state index contributed by atoms with van der Waals surface area (Å²) in [7, 11) is 0. The molecule has 1 fully saturated rings. The van der Waals surface area contributed by atoms with Crippen LogP contribution in [0.2, 0.25) is 0 Å². The topological polar surface area (TPSA) is 37.9 Å². The fourth-order valence-electron chi connectivity index (χ4n) is 2.91. The monoisotopic (exact) mass is 298 g/mol. The molecule has 0 unspecified atom stereocenters. The second-order valence-electron chi connectivity index (χ2n) is 5.61. The van der Waals surface area contributed by atoms with Crippen LogP contribution in [0.1, 0.15) is 35.8 Å². The third-order valence-electron chi connectivity index (χ3n) is 4.07. The van der Waals surface area contributed by atoms with E-state index in [1.54, 1.807) is 11.3 Å². The molecule has 1 aliphatic rings. The Hall–Kier alpha value is -1.65. The summed E-state index contributed by atoms with van der Waals surface area (Å²) < 4.78 is 5.87. The molecule has 0 bridgehead atoms. The lowest BCUT2D eigenvalue weighted by Gasteiger charge is -2.21. The van der Waals surface area contributed by atoms with Gasteiger partial charge in [-0.3, -0.25) is 0 Å². The number of ether oxygens (including phenoxy) is 1. The number of rotatable bonds is 2. The van der Waals surface area contributed by atoms with Crippen LogP contribution >= 0.6 is 11.3 Å². The lowest BCUT2D eigenvalue weighted by molar-refractivity contribution is 0.0172. The number of hydrogen-bond acceptors (Lipinski definition) is 3. The van der Waals surface area contributed by atoms with Gasteiger partial charge >= 0.3 is 0 Å². The number of aromatic nitrogens is 2. The molecule has 21 heavy (non-hydrogen) atoms. The van der Waals surface area contributed by atoms with Crippen molar-refractivity contribution in [1.29, 1.82) is 0 Å². The second kappa shape index (κ2) is 5.28. The van der Waals surface area contributed by atoms with Crippen LogP contribution in [0.4, 0.5) is 0 Å². The zero-order valence-corrected chi connectivity index (χ0v) is 12.9. The molecule has 0 saturated carbocycles. The van der Waals surface area contributed by atoms with E-state index in [2.05, 4.69) is 42.2 Å². The normalized spacial score (nSPS) is 19.2. The van der Waals surface area contributed by atoms with Crippen molar-refractivity contribution in [2.45, 2.75) is 32.3 Å². The van der Waals surface area contributed by atoms with Crippen molar-refractivity contribution < 1.29 is 4.74 Å². The Balaban J connectivity index is 1.68. The van der Waals surface area contributed by atoms with Gasteiger partial charge in [0.05, 0.1) is 22.0 Å². The first-order valence-corrected chi connectivity index (χ1v) is 8.30. The molecule has 0 amide bonds. The maximum absolute atomic E-state index is 5.87. The Bertz CT molecular complexity index is 768. The molecule has 0 radical (unpaired) electrons. The largest absolute Gasteiger partial charge is 0.373 e. The molecule has 3 heterocycles. The van der Waals surface area contributed by atoms with E-state index in [0.717, 1.165) is 29.9 Å². The van der Waals surface area contributed by atoms with Crippen LogP contribution in [-0.4, -0.2) is 16.6 Å². The maximum atomic E-state index is 5.87. The number of aryl methyl sites for hydroxylation is 1. The molecule has 4 rings (SSSR count). The van der Waals surface area contributed by atoms with Gasteiger partial charge in [0.25, 0.3) is 0 Å². The Kier molecular flexibility index (Phi) is 3.28. The smallest absolute Gasteiger partial charge is 0.148 e. The number of H-pyrrole nitrogens is 1. The summed E-state index contributed by atoms with van der Waals surface area (Å²) in [6.07, 6.45) is 3.88. The minimum absolute atomic E-state index is 0.281. The van der Waals surface area contributed by atoms with Gasteiger partial charge in [-0.1, -0.05) is 12.1 Å². The van der Waals surface area contributed by atoms with Gasteiger partial charge in [-0.15, -0.1) is 11.3 Å². The zero-order valence-electron chi connectivity index (χ0n) is 12.1. The minimum atomic E-state index is 0.281. The standard InChI is InChI=1S/C17H18N2OS/c1-11-5-4-6-12-16(11)19-17(18-12)15-9-8-14(21-15)13-7-2-3-10-20-13/h4-6,8-9,13H,2-3,7,10H2,1H3,(H,18,19)/t13-/m0/s1. The van der Waals surface area contributed by atoms with Crippen LogP contribution in [0.5, 0.6) is 0 Å². The quantitative estimate of drug-likeness (QED) is 0.735. The summed E-state index contributed by atoms with van der Waals surface area (Å²) in [5.74, 6) is 0.964. The summed E-state index contributed by atoms with van der Waals surface area (Å²) in [4.78, 5) is 10.7. The summed E-state index contributed by atoms with van der Waals surface area (Å²) in [6, 6.07) is 10.6. The van der Waals surface area contributed by atoms with Crippen molar-refractivity contribution in [1.82, 2.24) is 9.97 Å². The van der Waals surface area contributed by atoms with Crippen molar-refractivity contribution in [2.24, 2.45) is 0 Å². The highest BCUT2D eigenvalue weighted by Crippen LogP contribution is 2.36. The highest BCUT2D eigenvalue weighted by molar-refractivity contribution is 7.15. The van der Waals surface area contributed by atoms with Crippen LogP contribution in [0.15, 0.2) is 30.3 Å². The van der Waals surface area contributed by atoms with E-state index < -0.39 is 0 Å². The predicted molar refractivity (Wildman–Crippen MR) is 86.7 cm³/mol. The Morgan fingerprint density at radius 2 is 2.19 bits per heavy atom. The van der Waals surface area contributed by atoms with Gasteiger partial charge in [0.15, 0.2) is 0 Å². The summed E-state index contributed by atoms with van der Waals surface area (Å²) in [6.45, 7) is 2.99. The SMILES string of the molecule is Cc1cccc2[nH]c(-c3ccc([C@@H]4CCCCO4)s3)nc12. The Morgan fingerprint density at radius 1 is 1.24 bits per heavy atom. The summed E-state index contributed by atoms with van der Waals surface area (Å²) in [5.41, 5.74) is 3.38. The highest BCUT2D eigenvalue weighted by Gasteiger charge is 2.19. The van der Waals surface area contributed by atoms with Gasteiger partial charge < -0.3 is 9.72 Å². The van der Waals surface area contributed by atoms with Crippen LogP contribution in [-0.2, 0) is 4.74 Å². The second-order valence-corrected chi connectivity index (χ2v) is 6.73. The van der Waals surface area contributed by atoms with E-state index >= 15 is 0 Å². The molecule has 3 nitrogen and oxygen atoms in total. The molecular formula is C17H18N2OS. The van der Waals surface area contributed by atoms with Crippen molar-refractivity contribution in [2.75, 3.05) is 6.61 Å². The average molecular weight is 298 g/mol. The fraction of sp³-hybridized carbons (Fsp3) is 0.353. The molecule has 1 N–H and O–H groups in total. The van der Waals surface area contributed by atoms with Crippen molar-refractivity contribution in [3.8, 4) is 10.7 Å². The van der Waals surface area contributed by atoms with Gasteiger partial charge in [-0.25, -0.2) is 4.98 Å². The van der Waals surface area contributed by atoms with Gasteiger partial charge in [-0.2, -0.15) is 0 Å². The van der Waals surface area contributed by atoms with Crippen molar-refractivity contribution in [3.05, 3.63) is 40.8 Å². The lowest BCUT2D eigenvalue weighted by Crippen LogP contribution is -2.09. The predicted octanol–water partition coefficient (Wildman–Crippen LogP) is 4.84. The molecule has 1 atom stereocenters. The maximum Gasteiger partial charge on any atom is 0.148 e. The molecule has 2 aromatic heterocycles. The molecule has 1 saturated heterocycles. The number of hydrogen-bond donors (Lipinski definition) is 1. The molecular weight excluding hydrogens is 280 g/mol. The third kappa shape index (κ3) is 2.39. The molecule has 1 aliphatic heterocycles. The zero-order chi connectivity index (χ0) is 14.2. The first kappa shape index (κ1) is 13.0. The summed E-state index contributed by atoms with van der Waals surface area (Å²) in [5, 5.41) is 0. The number of fused-ring (bicyclic) bond motifs is 1. The van der Waals surface area contributed by atoms with E-state index in [1.807, 2.05) is 0 Å². The number of para-hydroxylation sites is 1. The molecule has 1 aromatic carbocycles. The molecule has 0 spiro atoms. The summed E-state index contributed by atoms with van der Waals surface area (Å²) >= 11 is 1.79. The molecule has 0 aliphatic carbocycles. The average Bonchev–Trinajstić information content (AvgIpc) is 3.15. The van der Waals surface area contributed by atoms with E-state index in [1.165, 1.54) is 28.2 Å². The number of benzene rings is 1. The van der Waals surface area contributed by atoms with Gasteiger partial charge in [0.2, 0.25) is 0 Å². The van der Waals surface area contributed by atoms with E-state index in [4.69, 9.17) is 9.72 Å². The van der Waals surface area contributed by atoms with Gasteiger partial charge in [0, 0.05) is 11.5 Å². The number of nitrogens with one attached hydrogen (secondary N) is 1. The van der Waals surface area contributed by atoms with Crippen molar-refractivity contribution >= 4 is 22.4 Å².